The van der Waals surface area contributed by atoms with E-state index in [1.165, 1.54) is 0 Å². The Balaban J connectivity index is 1.62. The van der Waals surface area contributed by atoms with Crippen molar-refractivity contribution >= 4 is 38.9 Å². The summed E-state index contributed by atoms with van der Waals surface area (Å²) >= 11 is 0. The summed E-state index contributed by atoms with van der Waals surface area (Å²) in [5, 5.41) is 19.1. The van der Waals surface area contributed by atoms with E-state index in [2.05, 4.69) is 47.0 Å². The number of fused-ring (bicyclic) bond motifs is 2. The first-order chi connectivity index (χ1) is 11.8. The van der Waals surface area contributed by atoms with Crippen molar-refractivity contribution in [1.29, 1.82) is 5.41 Å². The van der Waals surface area contributed by atoms with Gasteiger partial charge in [0.05, 0.1) is 0 Å². The summed E-state index contributed by atoms with van der Waals surface area (Å²) in [7, 11) is 0. The monoisotopic (exact) mass is 311 g/mol. The SMILES string of the molecule is N=C(Nc1cccc2ccccc12)Nc1cccc2ccccc12. The van der Waals surface area contributed by atoms with E-state index in [1.807, 2.05) is 48.5 Å². The molecular weight excluding hydrogens is 294 g/mol. The van der Waals surface area contributed by atoms with Crippen LogP contribution in [-0.4, -0.2) is 5.96 Å². The van der Waals surface area contributed by atoms with Gasteiger partial charge in [-0.3, -0.25) is 5.41 Å². The Morgan fingerprint density at radius 2 is 0.958 bits per heavy atom. The molecule has 3 heteroatoms. The van der Waals surface area contributed by atoms with Crippen LogP contribution in [0.25, 0.3) is 21.5 Å². The second kappa shape index (κ2) is 6.05. The van der Waals surface area contributed by atoms with Gasteiger partial charge in [-0.2, -0.15) is 0 Å². The smallest absolute Gasteiger partial charge is 0.197 e. The number of hydrogen-bond donors (Lipinski definition) is 3. The van der Waals surface area contributed by atoms with Crippen LogP contribution in [-0.2, 0) is 0 Å². The molecule has 0 unspecified atom stereocenters. The molecule has 0 amide bonds. The molecule has 0 fully saturated rings. The lowest BCUT2D eigenvalue weighted by atomic mass is 10.1. The number of guanidine groups is 1. The molecular formula is C21H17N3. The second-order valence-corrected chi connectivity index (χ2v) is 5.68. The molecule has 0 aliphatic rings. The predicted octanol–water partition coefficient (Wildman–Crippen LogP) is 5.45. The molecule has 0 heterocycles. The maximum absolute atomic E-state index is 8.29. The van der Waals surface area contributed by atoms with Crippen LogP contribution >= 0.6 is 0 Å². The summed E-state index contributed by atoms with van der Waals surface area (Å²) in [5.74, 6) is 0.253. The maximum atomic E-state index is 8.29. The Labute approximate surface area is 140 Å². The zero-order chi connectivity index (χ0) is 16.4. The Morgan fingerprint density at radius 1 is 0.542 bits per heavy atom. The van der Waals surface area contributed by atoms with Gasteiger partial charge in [0.1, 0.15) is 0 Å². The van der Waals surface area contributed by atoms with Crippen LogP contribution in [0.4, 0.5) is 11.4 Å². The normalized spacial score (nSPS) is 10.7. The van der Waals surface area contributed by atoms with Gasteiger partial charge in [0.15, 0.2) is 5.96 Å². The van der Waals surface area contributed by atoms with Crippen molar-refractivity contribution in [3.05, 3.63) is 84.9 Å². The van der Waals surface area contributed by atoms with Gasteiger partial charge in [-0.25, -0.2) is 0 Å². The van der Waals surface area contributed by atoms with E-state index in [-0.39, 0.29) is 5.96 Å². The van der Waals surface area contributed by atoms with Crippen molar-refractivity contribution in [2.45, 2.75) is 0 Å². The molecule has 4 rings (SSSR count). The molecule has 4 aromatic carbocycles. The van der Waals surface area contributed by atoms with Gasteiger partial charge in [0, 0.05) is 22.1 Å². The van der Waals surface area contributed by atoms with Crippen molar-refractivity contribution in [2.75, 3.05) is 10.6 Å². The van der Waals surface area contributed by atoms with Crippen LogP contribution < -0.4 is 10.6 Å². The number of rotatable bonds is 2. The van der Waals surface area contributed by atoms with E-state index in [4.69, 9.17) is 5.41 Å². The molecule has 3 nitrogen and oxygen atoms in total. The Kier molecular flexibility index (Phi) is 3.60. The lowest BCUT2D eigenvalue weighted by Gasteiger charge is -2.14. The molecule has 0 radical (unpaired) electrons. The summed E-state index contributed by atoms with van der Waals surface area (Å²) in [6.45, 7) is 0. The molecule has 0 bridgehead atoms. The highest BCUT2D eigenvalue weighted by Gasteiger charge is 2.05. The molecule has 0 saturated carbocycles. The fourth-order valence-electron chi connectivity index (χ4n) is 2.97. The van der Waals surface area contributed by atoms with Crippen LogP contribution in [0.3, 0.4) is 0 Å². The van der Waals surface area contributed by atoms with E-state index in [9.17, 15) is 0 Å². The number of hydrogen-bond acceptors (Lipinski definition) is 1. The van der Waals surface area contributed by atoms with Gasteiger partial charge in [-0.05, 0) is 22.9 Å². The number of nitrogens with one attached hydrogen (secondary N) is 3. The van der Waals surface area contributed by atoms with E-state index < -0.39 is 0 Å². The van der Waals surface area contributed by atoms with Crippen LogP contribution in [0, 0.1) is 5.41 Å². The van der Waals surface area contributed by atoms with Crippen molar-refractivity contribution in [1.82, 2.24) is 0 Å². The van der Waals surface area contributed by atoms with Crippen LogP contribution in [0.15, 0.2) is 84.9 Å². The summed E-state index contributed by atoms with van der Waals surface area (Å²) < 4.78 is 0. The lowest BCUT2D eigenvalue weighted by Crippen LogP contribution is -2.20. The summed E-state index contributed by atoms with van der Waals surface area (Å²) in [6.07, 6.45) is 0. The van der Waals surface area contributed by atoms with Crippen molar-refractivity contribution < 1.29 is 0 Å². The molecule has 24 heavy (non-hydrogen) atoms. The maximum Gasteiger partial charge on any atom is 0.197 e. The predicted molar refractivity (Wildman–Crippen MR) is 103 cm³/mol. The van der Waals surface area contributed by atoms with Gasteiger partial charge in [-0.15, -0.1) is 0 Å². The van der Waals surface area contributed by atoms with Crippen LogP contribution in [0.1, 0.15) is 0 Å². The standard InChI is InChI=1S/C21H17N3/c22-21(23-19-13-5-9-15-7-1-3-11-17(15)19)24-20-14-6-10-16-8-2-4-12-18(16)20/h1-14H,(H3,22,23,24). The Hall–Kier alpha value is -3.33. The minimum Gasteiger partial charge on any atom is -0.326 e. The molecule has 116 valence electrons. The van der Waals surface area contributed by atoms with Gasteiger partial charge in [0.25, 0.3) is 0 Å². The van der Waals surface area contributed by atoms with Gasteiger partial charge in [0.2, 0.25) is 0 Å². The lowest BCUT2D eigenvalue weighted by molar-refractivity contribution is 1.44. The van der Waals surface area contributed by atoms with Gasteiger partial charge in [-0.1, -0.05) is 72.8 Å². The zero-order valence-electron chi connectivity index (χ0n) is 13.1. The molecule has 0 atom stereocenters. The largest absolute Gasteiger partial charge is 0.326 e. The topological polar surface area (TPSA) is 47.9 Å². The third kappa shape index (κ3) is 2.68. The van der Waals surface area contributed by atoms with Crippen LogP contribution in [0.2, 0.25) is 0 Å². The fraction of sp³-hybridized carbons (Fsp3) is 0. The quantitative estimate of drug-likeness (QED) is 0.340. The Bertz CT molecular complexity index is 943. The molecule has 0 aliphatic carbocycles. The third-order valence-corrected chi connectivity index (χ3v) is 4.10. The summed E-state index contributed by atoms with van der Waals surface area (Å²) in [4.78, 5) is 0. The first-order valence-corrected chi connectivity index (χ1v) is 7.89. The average molecular weight is 311 g/mol. The average Bonchev–Trinajstić information content (AvgIpc) is 2.62. The molecule has 0 saturated heterocycles. The van der Waals surface area contributed by atoms with Crippen molar-refractivity contribution in [3.8, 4) is 0 Å². The molecule has 0 aliphatic heterocycles. The van der Waals surface area contributed by atoms with E-state index in [0.29, 0.717) is 0 Å². The minimum atomic E-state index is 0.253. The highest BCUT2D eigenvalue weighted by atomic mass is 15.1. The zero-order valence-corrected chi connectivity index (χ0v) is 13.1. The molecule has 3 N–H and O–H groups in total. The number of anilines is 2. The molecule has 4 aromatic rings. The highest BCUT2D eigenvalue weighted by Crippen LogP contribution is 2.25. The van der Waals surface area contributed by atoms with E-state index >= 15 is 0 Å². The highest BCUT2D eigenvalue weighted by molar-refractivity contribution is 6.10. The second-order valence-electron chi connectivity index (χ2n) is 5.68. The Morgan fingerprint density at radius 3 is 1.46 bits per heavy atom. The van der Waals surface area contributed by atoms with E-state index in [1.54, 1.807) is 0 Å². The minimum absolute atomic E-state index is 0.253. The number of benzene rings is 4. The van der Waals surface area contributed by atoms with Gasteiger partial charge < -0.3 is 10.6 Å². The summed E-state index contributed by atoms with van der Waals surface area (Å²) in [6, 6.07) is 28.4. The third-order valence-electron chi connectivity index (χ3n) is 4.10. The van der Waals surface area contributed by atoms with Crippen molar-refractivity contribution in [2.24, 2.45) is 0 Å². The summed E-state index contributed by atoms with van der Waals surface area (Å²) in [5.41, 5.74) is 1.84. The fourth-order valence-corrected chi connectivity index (χ4v) is 2.97. The van der Waals surface area contributed by atoms with Crippen molar-refractivity contribution in [3.63, 3.8) is 0 Å². The molecule has 0 spiro atoms. The molecule has 0 aromatic heterocycles. The first kappa shape index (κ1) is 14.3. The first-order valence-electron chi connectivity index (χ1n) is 7.89. The van der Waals surface area contributed by atoms with Gasteiger partial charge >= 0.3 is 0 Å². The van der Waals surface area contributed by atoms with E-state index in [0.717, 1.165) is 32.9 Å². The van der Waals surface area contributed by atoms with Crippen LogP contribution in [0.5, 0.6) is 0 Å².